The highest BCUT2D eigenvalue weighted by molar-refractivity contribution is 7.89. The first-order valence-corrected chi connectivity index (χ1v) is 11.8. The van der Waals surface area contributed by atoms with Crippen molar-refractivity contribution in [2.45, 2.75) is 95.4 Å². The molecular formula is C21H35N3O3S. The van der Waals surface area contributed by atoms with Crippen molar-refractivity contribution in [3.8, 4) is 0 Å². The van der Waals surface area contributed by atoms with Crippen molar-refractivity contribution in [1.29, 1.82) is 0 Å². The molecule has 1 saturated carbocycles. The molecule has 1 aliphatic carbocycles. The summed E-state index contributed by atoms with van der Waals surface area (Å²) >= 11 is 0. The average Bonchev–Trinajstić information content (AvgIpc) is 2.99. The number of hydrogen-bond donors (Lipinski definition) is 0. The van der Waals surface area contributed by atoms with Gasteiger partial charge in [0.05, 0.1) is 11.2 Å². The Hall–Kier alpha value is -1.18. The van der Waals surface area contributed by atoms with Gasteiger partial charge in [0.1, 0.15) is 10.7 Å². The fraction of sp³-hybridized carbons (Fsp3) is 0.762. The summed E-state index contributed by atoms with van der Waals surface area (Å²) in [6, 6.07) is 3.33. The van der Waals surface area contributed by atoms with Gasteiger partial charge >= 0.3 is 0 Å². The number of pyridine rings is 1. The van der Waals surface area contributed by atoms with Crippen LogP contribution < -0.4 is 4.90 Å². The molecule has 158 valence electrons. The first-order chi connectivity index (χ1) is 13.0. The molecule has 0 unspecified atom stereocenters. The minimum atomic E-state index is -3.56. The van der Waals surface area contributed by atoms with Gasteiger partial charge in [-0.15, -0.1) is 0 Å². The van der Waals surface area contributed by atoms with E-state index in [2.05, 4.69) is 23.7 Å². The Bertz CT molecular complexity index is 774. The van der Waals surface area contributed by atoms with E-state index in [1.165, 1.54) is 23.3 Å². The Morgan fingerprint density at radius 3 is 2.18 bits per heavy atom. The van der Waals surface area contributed by atoms with Gasteiger partial charge in [0.2, 0.25) is 10.0 Å². The van der Waals surface area contributed by atoms with E-state index >= 15 is 0 Å². The van der Waals surface area contributed by atoms with Crippen LogP contribution in [-0.4, -0.2) is 54.1 Å². The summed E-state index contributed by atoms with van der Waals surface area (Å²) in [4.78, 5) is 7.06. The fourth-order valence-electron chi connectivity index (χ4n) is 4.94. The molecule has 2 heterocycles. The topological polar surface area (TPSA) is 62.7 Å². The van der Waals surface area contributed by atoms with Crippen molar-refractivity contribution in [3.05, 3.63) is 18.3 Å². The number of sulfonamides is 1. The summed E-state index contributed by atoms with van der Waals surface area (Å²) in [7, 11) is -3.56. The molecule has 0 amide bonds. The molecule has 0 atom stereocenters. The van der Waals surface area contributed by atoms with Gasteiger partial charge in [-0.3, -0.25) is 0 Å². The third kappa shape index (κ3) is 4.21. The summed E-state index contributed by atoms with van der Waals surface area (Å²) in [5.41, 5.74) is -0.346. The van der Waals surface area contributed by atoms with Crippen LogP contribution in [0.4, 0.5) is 5.82 Å². The largest absolute Gasteiger partial charge is 0.365 e. The van der Waals surface area contributed by atoms with Crippen LogP contribution >= 0.6 is 0 Å². The molecule has 1 spiro atoms. The van der Waals surface area contributed by atoms with E-state index in [0.29, 0.717) is 0 Å². The second-order valence-corrected chi connectivity index (χ2v) is 11.3. The lowest BCUT2D eigenvalue weighted by Gasteiger charge is -2.49. The van der Waals surface area contributed by atoms with E-state index in [0.717, 1.165) is 31.7 Å². The first kappa shape index (κ1) is 21.5. The number of morpholine rings is 1. The highest BCUT2D eigenvalue weighted by atomic mass is 32.2. The van der Waals surface area contributed by atoms with Gasteiger partial charge in [0, 0.05) is 31.4 Å². The maximum Gasteiger partial charge on any atom is 0.245 e. The summed E-state index contributed by atoms with van der Waals surface area (Å²) in [6.07, 6.45) is 6.07. The van der Waals surface area contributed by atoms with Crippen LogP contribution in [0.1, 0.15) is 67.2 Å². The summed E-state index contributed by atoms with van der Waals surface area (Å²) in [5.74, 6) is 0.822. The summed E-state index contributed by atoms with van der Waals surface area (Å²) in [6.45, 7) is 13.4. The van der Waals surface area contributed by atoms with E-state index in [-0.39, 0.29) is 28.2 Å². The number of aromatic nitrogens is 1. The third-order valence-corrected chi connectivity index (χ3v) is 7.93. The van der Waals surface area contributed by atoms with Crippen LogP contribution in [0.25, 0.3) is 0 Å². The number of nitrogens with zero attached hydrogens (tertiary/aromatic N) is 3. The van der Waals surface area contributed by atoms with Gasteiger partial charge < -0.3 is 9.64 Å². The van der Waals surface area contributed by atoms with Crippen molar-refractivity contribution in [2.75, 3.05) is 18.0 Å². The SMILES string of the molecule is CC(C)N(C(C)C)S(=O)(=O)c1ccc(N2CC(C)(C)OC3(CCCC3)C2)nc1. The van der Waals surface area contributed by atoms with Crippen LogP contribution in [0, 0.1) is 0 Å². The molecule has 1 aromatic rings. The lowest BCUT2D eigenvalue weighted by atomic mass is 9.94. The van der Waals surface area contributed by atoms with Crippen molar-refractivity contribution >= 4 is 15.8 Å². The molecule has 0 radical (unpaired) electrons. The van der Waals surface area contributed by atoms with Crippen LogP contribution in [0.3, 0.4) is 0 Å². The minimum absolute atomic E-state index is 0.0970. The van der Waals surface area contributed by atoms with Crippen molar-refractivity contribution in [2.24, 2.45) is 0 Å². The summed E-state index contributed by atoms with van der Waals surface area (Å²) < 4.78 is 34.1. The first-order valence-electron chi connectivity index (χ1n) is 10.4. The van der Waals surface area contributed by atoms with E-state index in [4.69, 9.17) is 4.74 Å². The van der Waals surface area contributed by atoms with Crippen molar-refractivity contribution < 1.29 is 13.2 Å². The van der Waals surface area contributed by atoms with Crippen molar-refractivity contribution in [1.82, 2.24) is 9.29 Å². The number of rotatable bonds is 5. The monoisotopic (exact) mass is 409 g/mol. The fourth-order valence-corrected chi connectivity index (χ4v) is 6.72. The van der Waals surface area contributed by atoms with Gasteiger partial charge in [0.25, 0.3) is 0 Å². The van der Waals surface area contributed by atoms with Gasteiger partial charge in [-0.2, -0.15) is 4.31 Å². The Kier molecular flexibility index (Phi) is 5.82. The normalized spacial score (nSPS) is 22.0. The predicted molar refractivity (Wildman–Crippen MR) is 112 cm³/mol. The number of hydrogen-bond acceptors (Lipinski definition) is 5. The maximum absolute atomic E-state index is 13.1. The lowest BCUT2D eigenvalue weighted by Crippen LogP contribution is -2.59. The zero-order valence-electron chi connectivity index (χ0n) is 18.1. The molecule has 0 N–H and O–H groups in total. The van der Waals surface area contributed by atoms with Crippen LogP contribution in [0.2, 0.25) is 0 Å². The summed E-state index contributed by atoms with van der Waals surface area (Å²) in [5, 5.41) is 0. The second kappa shape index (κ2) is 7.58. The highest BCUT2D eigenvalue weighted by Crippen LogP contribution is 2.41. The molecule has 28 heavy (non-hydrogen) atoms. The van der Waals surface area contributed by atoms with Gasteiger partial charge in [-0.05, 0) is 66.5 Å². The molecular weight excluding hydrogens is 374 g/mol. The van der Waals surface area contributed by atoms with E-state index in [9.17, 15) is 8.42 Å². The Labute approximate surface area is 170 Å². The van der Waals surface area contributed by atoms with Crippen LogP contribution in [0.15, 0.2) is 23.2 Å². The molecule has 2 fully saturated rings. The number of ether oxygens (including phenoxy) is 1. The highest BCUT2D eigenvalue weighted by Gasteiger charge is 2.46. The molecule has 2 aliphatic rings. The molecule has 0 aromatic carbocycles. The zero-order chi connectivity index (χ0) is 20.7. The molecule has 3 rings (SSSR count). The Balaban J connectivity index is 1.86. The minimum Gasteiger partial charge on any atom is -0.365 e. The quantitative estimate of drug-likeness (QED) is 0.740. The van der Waals surface area contributed by atoms with Crippen LogP contribution in [0.5, 0.6) is 0 Å². The van der Waals surface area contributed by atoms with Gasteiger partial charge in [-0.25, -0.2) is 13.4 Å². The molecule has 6 nitrogen and oxygen atoms in total. The smallest absolute Gasteiger partial charge is 0.245 e. The Morgan fingerprint density at radius 1 is 1.07 bits per heavy atom. The maximum atomic E-state index is 13.1. The molecule has 1 aromatic heterocycles. The zero-order valence-corrected chi connectivity index (χ0v) is 18.9. The molecule has 7 heteroatoms. The van der Waals surface area contributed by atoms with Gasteiger partial charge in [-0.1, -0.05) is 12.8 Å². The second-order valence-electron chi connectivity index (χ2n) is 9.48. The lowest BCUT2D eigenvalue weighted by molar-refractivity contribution is -0.148. The molecule has 0 bridgehead atoms. The molecule has 1 aliphatic heterocycles. The van der Waals surface area contributed by atoms with Gasteiger partial charge in [0.15, 0.2) is 0 Å². The number of anilines is 1. The average molecular weight is 410 g/mol. The van der Waals surface area contributed by atoms with Crippen molar-refractivity contribution in [3.63, 3.8) is 0 Å². The van der Waals surface area contributed by atoms with E-state index in [1.54, 1.807) is 6.07 Å². The molecule has 1 saturated heterocycles. The van der Waals surface area contributed by atoms with Crippen LogP contribution in [-0.2, 0) is 14.8 Å². The van der Waals surface area contributed by atoms with E-state index < -0.39 is 10.0 Å². The van der Waals surface area contributed by atoms with E-state index in [1.807, 2.05) is 33.8 Å². The standard InChI is InChI=1S/C21H35N3O3S/c1-16(2)24(17(3)4)28(25,26)18-9-10-19(22-13-18)23-14-20(5,6)27-21(15-23)11-7-8-12-21/h9-10,13,16-17H,7-8,11-12,14-15H2,1-6H3. The Morgan fingerprint density at radius 2 is 1.68 bits per heavy atom. The predicted octanol–water partition coefficient (Wildman–Crippen LogP) is 3.82. The third-order valence-electron chi connectivity index (χ3n) is 5.70.